The molecule has 0 spiro atoms. The summed E-state index contributed by atoms with van der Waals surface area (Å²) in [6, 6.07) is 12.5. The maximum Gasteiger partial charge on any atom is 0.281 e. The van der Waals surface area contributed by atoms with Crippen molar-refractivity contribution >= 4 is 17.1 Å². The van der Waals surface area contributed by atoms with Gasteiger partial charge in [0.1, 0.15) is 11.6 Å². The third-order valence-electron chi connectivity index (χ3n) is 4.22. The molecule has 1 amide bonds. The van der Waals surface area contributed by atoms with E-state index >= 15 is 0 Å². The summed E-state index contributed by atoms with van der Waals surface area (Å²) in [4.78, 5) is 30.7. The fourth-order valence-corrected chi connectivity index (χ4v) is 2.91. The molecule has 4 rings (SSSR count). The molecule has 0 radical (unpaired) electrons. The third-order valence-corrected chi connectivity index (χ3v) is 4.22. The van der Waals surface area contributed by atoms with Crippen molar-refractivity contribution in [3.63, 3.8) is 0 Å². The summed E-state index contributed by atoms with van der Waals surface area (Å²) in [6.07, 6.45) is 0. The molecule has 0 atom stereocenters. The minimum absolute atomic E-state index is 0.140. The van der Waals surface area contributed by atoms with Crippen LogP contribution in [0.5, 0.6) is 5.75 Å². The number of nitrogens with two attached hydrogens (primary N) is 1. The Morgan fingerprint density at radius 3 is 2.79 bits per heavy atom. The molecule has 28 heavy (non-hydrogen) atoms. The molecular weight excluding hydrogens is 360 g/mol. The van der Waals surface area contributed by atoms with E-state index in [-0.39, 0.29) is 5.52 Å². The number of carbonyl (C=O) groups excluding carboxylic acids is 1. The Kier molecular flexibility index (Phi) is 4.32. The lowest BCUT2D eigenvalue weighted by atomic mass is 10.0. The van der Waals surface area contributed by atoms with E-state index in [0.717, 1.165) is 11.1 Å². The second-order valence-electron chi connectivity index (χ2n) is 6.01. The van der Waals surface area contributed by atoms with Gasteiger partial charge in [0.15, 0.2) is 11.2 Å². The van der Waals surface area contributed by atoms with Crippen molar-refractivity contribution in [2.45, 2.75) is 6.92 Å². The maximum atomic E-state index is 12.2. The lowest BCUT2D eigenvalue weighted by Crippen LogP contribution is -2.10. The van der Waals surface area contributed by atoms with Crippen LogP contribution < -0.4 is 16.0 Å². The Hall–Kier alpha value is -4.01. The second-order valence-corrected chi connectivity index (χ2v) is 6.01. The average molecular weight is 376 g/mol. The molecule has 0 saturated carbocycles. The number of benzene rings is 2. The maximum absolute atomic E-state index is 12.2. The van der Waals surface area contributed by atoms with Crippen LogP contribution in [0, 0.1) is 0 Å². The zero-order chi connectivity index (χ0) is 19.7. The summed E-state index contributed by atoms with van der Waals surface area (Å²) in [5.74, 6) is 0.385. The number of carbonyl (C=O) groups is 1. The van der Waals surface area contributed by atoms with Gasteiger partial charge in [0.05, 0.1) is 12.2 Å². The van der Waals surface area contributed by atoms with Crippen molar-refractivity contribution in [3.05, 3.63) is 58.4 Å². The van der Waals surface area contributed by atoms with Crippen molar-refractivity contribution in [1.29, 1.82) is 0 Å². The van der Waals surface area contributed by atoms with Gasteiger partial charge in [-0.1, -0.05) is 23.4 Å². The van der Waals surface area contributed by atoms with Crippen molar-refractivity contribution in [3.8, 4) is 28.3 Å². The summed E-state index contributed by atoms with van der Waals surface area (Å²) >= 11 is 0. The molecule has 2 aromatic heterocycles. The predicted octanol–water partition coefficient (Wildman–Crippen LogP) is 1.87. The molecule has 0 aliphatic rings. The fourth-order valence-electron chi connectivity index (χ4n) is 2.91. The van der Waals surface area contributed by atoms with Crippen LogP contribution >= 0.6 is 0 Å². The fraction of sp³-hybridized carbons (Fsp3) is 0.105. The highest BCUT2D eigenvalue weighted by Gasteiger charge is 2.14. The van der Waals surface area contributed by atoms with E-state index in [0.29, 0.717) is 35.0 Å². The number of nitrogens with one attached hydrogen (secondary N) is 2. The molecule has 0 aliphatic carbocycles. The first-order chi connectivity index (χ1) is 13.6. The smallest absolute Gasteiger partial charge is 0.281 e. The lowest BCUT2D eigenvalue weighted by Gasteiger charge is -2.12. The molecule has 9 heteroatoms. The van der Waals surface area contributed by atoms with Crippen LogP contribution in [0.2, 0.25) is 0 Å². The number of aromatic nitrogens is 5. The molecule has 2 heterocycles. The summed E-state index contributed by atoms with van der Waals surface area (Å²) in [6.45, 7) is 2.29. The third kappa shape index (κ3) is 3.09. The number of rotatable bonds is 5. The molecule has 2 aromatic carbocycles. The van der Waals surface area contributed by atoms with E-state index in [1.54, 1.807) is 24.3 Å². The quantitative estimate of drug-likeness (QED) is 0.486. The van der Waals surface area contributed by atoms with Gasteiger partial charge in [-0.3, -0.25) is 9.59 Å². The number of nitrogens with zero attached hydrogens (tertiary/aromatic N) is 3. The summed E-state index contributed by atoms with van der Waals surface area (Å²) in [5.41, 5.74) is 8.10. The Morgan fingerprint density at radius 2 is 2.00 bits per heavy atom. The van der Waals surface area contributed by atoms with Gasteiger partial charge < -0.3 is 15.5 Å². The van der Waals surface area contributed by atoms with E-state index < -0.39 is 11.5 Å². The molecule has 0 saturated heterocycles. The van der Waals surface area contributed by atoms with E-state index in [9.17, 15) is 9.59 Å². The summed E-state index contributed by atoms with van der Waals surface area (Å²) in [7, 11) is 0. The molecule has 0 bridgehead atoms. The number of aromatic amines is 2. The monoisotopic (exact) mass is 376 g/mol. The Morgan fingerprint density at radius 1 is 1.18 bits per heavy atom. The van der Waals surface area contributed by atoms with Crippen LogP contribution in [0.4, 0.5) is 0 Å². The largest absolute Gasteiger partial charge is 0.493 e. The zero-order valence-corrected chi connectivity index (χ0v) is 14.9. The van der Waals surface area contributed by atoms with Gasteiger partial charge in [-0.2, -0.15) is 0 Å². The lowest BCUT2D eigenvalue weighted by molar-refractivity contribution is 0.100. The molecule has 0 aliphatic heterocycles. The molecule has 9 nitrogen and oxygen atoms in total. The molecule has 4 aromatic rings. The summed E-state index contributed by atoms with van der Waals surface area (Å²) in [5, 5.41) is 9.91. The first-order valence-electron chi connectivity index (χ1n) is 8.55. The number of ether oxygens (including phenoxy) is 1. The van der Waals surface area contributed by atoms with Gasteiger partial charge in [0.2, 0.25) is 5.91 Å². The van der Waals surface area contributed by atoms with E-state index in [1.165, 1.54) is 0 Å². The van der Waals surface area contributed by atoms with Crippen LogP contribution in [0.25, 0.3) is 33.7 Å². The van der Waals surface area contributed by atoms with Gasteiger partial charge in [-0.25, -0.2) is 10.1 Å². The van der Waals surface area contributed by atoms with Crippen molar-refractivity contribution in [1.82, 2.24) is 25.4 Å². The molecular formula is C19H16N6O3. The van der Waals surface area contributed by atoms with Crippen LogP contribution in [0.15, 0.2) is 47.3 Å². The molecule has 0 fully saturated rings. The Bertz CT molecular complexity index is 1240. The number of primary amides is 1. The Balaban J connectivity index is 1.84. The van der Waals surface area contributed by atoms with Gasteiger partial charge in [-0.05, 0) is 42.3 Å². The minimum atomic E-state index is -0.494. The highest BCUT2D eigenvalue weighted by molar-refractivity contribution is 5.94. The van der Waals surface area contributed by atoms with E-state index in [2.05, 4.69) is 25.4 Å². The normalized spacial score (nSPS) is 10.9. The summed E-state index contributed by atoms with van der Waals surface area (Å²) < 4.78 is 5.77. The number of hydrogen-bond acceptors (Lipinski definition) is 6. The van der Waals surface area contributed by atoms with Crippen LogP contribution in [-0.2, 0) is 0 Å². The Labute approximate surface area is 158 Å². The van der Waals surface area contributed by atoms with Gasteiger partial charge >= 0.3 is 0 Å². The molecule has 0 unspecified atom stereocenters. The second kappa shape index (κ2) is 6.95. The van der Waals surface area contributed by atoms with Gasteiger partial charge in [0.25, 0.3) is 5.56 Å². The predicted molar refractivity (Wildman–Crippen MR) is 103 cm³/mol. The number of H-pyrrole nitrogens is 2. The van der Waals surface area contributed by atoms with Crippen LogP contribution in [0.1, 0.15) is 17.3 Å². The van der Waals surface area contributed by atoms with E-state index in [4.69, 9.17) is 10.5 Å². The minimum Gasteiger partial charge on any atom is -0.493 e. The van der Waals surface area contributed by atoms with Crippen LogP contribution in [0.3, 0.4) is 0 Å². The SMILES string of the molecule is CCOc1cc(-c2cccc(C(N)=O)c2)ccc1-c1nc2[nH]nnc2c(=O)[nH]1. The number of hydrogen-bond donors (Lipinski definition) is 3. The van der Waals surface area contributed by atoms with Crippen LogP contribution in [-0.4, -0.2) is 37.9 Å². The van der Waals surface area contributed by atoms with E-state index in [1.807, 2.05) is 25.1 Å². The van der Waals surface area contributed by atoms with Gasteiger partial charge in [-0.15, -0.1) is 5.10 Å². The topological polar surface area (TPSA) is 140 Å². The zero-order valence-electron chi connectivity index (χ0n) is 14.9. The number of amides is 1. The highest BCUT2D eigenvalue weighted by atomic mass is 16.5. The molecule has 140 valence electrons. The standard InChI is InChI=1S/C19H16N6O3/c1-2-28-14-9-11(10-4-3-5-12(8-10)16(20)26)6-7-13(14)17-21-18-15(19(27)22-17)23-25-24-18/h3-9H,2H2,1H3,(H2,20,26)(H2,21,22,23,24,25,27). The van der Waals surface area contributed by atoms with Crippen molar-refractivity contribution in [2.24, 2.45) is 5.73 Å². The molecule has 4 N–H and O–H groups in total. The number of fused-ring (bicyclic) bond motifs is 1. The van der Waals surface area contributed by atoms with Crippen molar-refractivity contribution in [2.75, 3.05) is 6.61 Å². The first-order valence-corrected chi connectivity index (χ1v) is 8.55. The average Bonchev–Trinajstić information content (AvgIpc) is 3.17. The van der Waals surface area contributed by atoms with Gasteiger partial charge in [0, 0.05) is 5.56 Å². The first kappa shape index (κ1) is 17.4. The van der Waals surface area contributed by atoms with Crippen molar-refractivity contribution < 1.29 is 9.53 Å². The highest BCUT2D eigenvalue weighted by Crippen LogP contribution is 2.33.